The summed E-state index contributed by atoms with van der Waals surface area (Å²) in [5, 5.41) is 37.6. The van der Waals surface area contributed by atoms with Gasteiger partial charge in [-0.05, 0) is 45.4 Å². The zero-order valence-electron chi connectivity index (χ0n) is 21.4. The van der Waals surface area contributed by atoms with Crippen LogP contribution in [0.1, 0.15) is 61.2 Å². The van der Waals surface area contributed by atoms with E-state index in [0.717, 1.165) is 5.56 Å². The van der Waals surface area contributed by atoms with E-state index in [1.807, 2.05) is 44.2 Å². The first-order chi connectivity index (χ1) is 18.0. The van der Waals surface area contributed by atoms with Crippen LogP contribution in [0.5, 0.6) is 0 Å². The monoisotopic (exact) mass is 516 g/mol. The fourth-order valence-corrected chi connectivity index (χ4v) is 4.09. The summed E-state index contributed by atoms with van der Waals surface area (Å²) in [4.78, 5) is 25.8. The molecule has 0 radical (unpaired) electrons. The molecule has 0 aliphatic carbocycles. The average Bonchev–Trinajstić information content (AvgIpc) is 3.46. The first-order valence-electron chi connectivity index (χ1n) is 12.0. The number of nitrogens with one attached hydrogen (secondary N) is 3. The van der Waals surface area contributed by atoms with Gasteiger partial charge in [0.15, 0.2) is 0 Å². The second-order valence-corrected chi connectivity index (χ2v) is 10.0. The van der Waals surface area contributed by atoms with Gasteiger partial charge in [0.25, 0.3) is 11.8 Å². The zero-order valence-corrected chi connectivity index (χ0v) is 21.4. The predicted molar refractivity (Wildman–Crippen MR) is 138 cm³/mol. The summed E-state index contributed by atoms with van der Waals surface area (Å²) in [6.07, 6.45) is 1.50. The van der Waals surface area contributed by atoms with E-state index in [2.05, 4.69) is 41.1 Å². The second-order valence-electron chi connectivity index (χ2n) is 10.0. The van der Waals surface area contributed by atoms with Crippen molar-refractivity contribution in [2.45, 2.75) is 44.9 Å². The minimum absolute atomic E-state index is 0.0375. The summed E-state index contributed by atoms with van der Waals surface area (Å²) in [6.45, 7) is 6.63. The van der Waals surface area contributed by atoms with Gasteiger partial charge in [-0.25, -0.2) is 9.97 Å². The maximum atomic E-state index is 12.2. The van der Waals surface area contributed by atoms with Gasteiger partial charge in [0, 0.05) is 6.20 Å². The van der Waals surface area contributed by atoms with Crippen LogP contribution in [-0.4, -0.2) is 47.9 Å². The fourth-order valence-electron chi connectivity index (χ4n) is 4.09. The van der Waals surface area contributed by atoms with Crippen molar-refractivity contribution in [1.29, 1.82) is 0 Å². The molecule has 1 amide bonds. The summed E-state index contributed by atoms with van der Waals surface area (Å²) >= 11 is 0. The van der Waals surface area contributed by atoms with Crippen molar-refractivity contribution in [3.05, 3.63) is 71.4 Å². The lowest BCUT2D eigenvalue weighted by molar-refractivity contribution is 0.0488. The molecule has 1 aromatic carbocycles. The van der Waals surface area contributed by atoms with E-state index >= 15 is 0 Å². The minimum Gasteiger partial charge on any atom is -0.417 e. The van der Waals surface area contributed by atoms with Gasteiger partial charge in [-0.2, -0.15) is 4.98 Å². The van der Waals surface area contributed by atoms with E-state index in [1.54, 1.807) is 12.1 Å². The Bertz CT molecular complexity index is 1480. The zero-order chi connectivity index (χ0) is 27.1. The number of benzene rings is 1. The molecule has 1 aliphatic heterocycles. The van der Waals surface area contributed by atoms with Gasteiger partial charge in [0.2, 0.25) is 11.8 Å². The number of aromatic nitrogens is 5. The number of hydrogen-bond donors (Lipinski definition) is 5. The van der Waals surface area contributed by atoms with Crippen LogP contribution in [0, 0.1) is 0 Å². The molecule has 1 aliphatic rings. The number of aliphatic hydroxyl groups excluding tert-OH is 1. The normalized spacial score (nSPS) is 15.1. The third-order valence-electron chi connectivity index (χ3n) is 6.06. The van der Waals surface area contributed by atoms with Gasteiger partial charge in [-0.1, -0.05) is 30.3 Å². The number of amides is 1. The molecule has 0 fully saturated rings. The smallest absolute Gasteiger partial charge is 0.253 e. The lowest BCUT2D eigenvalue weighted by Crippen LogP contribution is -2.33. The molecule has 0 saturated heterocycles. The van der Waals surface area contributed by atoms with Gasteiger partial charge in [0.1, 0.15) is 17.2 Å². The molecule has 12 heteroatoms. The number of carbonyl (C=O) groups is 1. The summed E-state index contributed by atoms with van der Waals surface area (Å²) in [6, 6.07) is 12.3. The molecular formula is C26H28N8O4. The van der Waals surface area contributed by atoms with Crippen LogP contribution >= 0.6 is 0 Å². The first-order valence-corrected chi connectivity index (χ1v) is 12.0. The lowest BCUT2D eigenvalue weighted by atomic mass is 10.0. The molecule has 3 aromatic heterocycles. The number of hydrogen-bond acceptors (Lipinski definition) is 11. The van der Waals surface area contributed by atoms with E-state index < -0.39 is 17.2 Å². The highest BCUT2D eigenvalue weighted by atomic mass is 16.4. The highest BCUT2D eigenvalue weighted by molar-refractivity contribution is 5.99. The first kappa shape index (κ1) is 25.2. The molecule has 0 bridgehead atoms. The van der Waals surface area contributed by atoms with Gasteiger partial charge in [0.05, 0.1) is 35.0 Å². The molecule has 0 unspecified atom stereocenters. The van der Waals surface area contributed by atoms with Crippen molar-refractivity contribution in [2.75, 3.05) is 17.2 Å². The van der Waals surface area contributed by atoms with Crippen LogP contribution in [0.15, 0.2) is 53.1 Å². The topological polar surface area (TPSA) is 171 Å². The number of nitrogens with zero attached hydrogens (tertiary/aromatic N) is 5. The second kappa shape index (κ2) is 9.47. The van der Waals surface area contributed by atoms with Gasteiger partial charge in [-0.3, -0.25) is 4.79 Å². The molecule has 38 heavy (non-hydrogen) atoms. The highest BCUT2D eigenvalue weighted by Crippen LogP contribution is 2.33. The van der Waals surface area contributed by atoms with Crippen LogP contribution < -0.4 is 16.0 Å². The summed E-state index contributed by atoms with van der Waals surface area (Å²) < 4.78 is 5.71. The Morgan fingerprint density at radius 2 is 1.84 bits per heavy atom. The lowest BCUT2D eigenvalue weighted by Gasteiger charge is -2.20. The van der Waals surface area contributed by atoms with Crippen LogP contribution in [-0.2, 0) is 11.1 Å². The Kier molecular flexibility index (Phi) is 6.29. The number of rotatable bonds is 8. The number of aliphatic hydroxyl groups is 2. The van der Waals surface area contributed by atoms with E-state index in [9.17, 15) is 15.0 Å². The van der Waals surface area contributed by atoms with Crippen LogP contribution in [0.3, 0.4) is 0 Å². The van der Waals surface area contributed by atoms with Crippen LogP contribution in [0.2, 0.25) is 0 Å². The van der Waals surface area contributed by atoms with Crippen LogP contribution in [0.4, 0.5) is 17.6 Å². The maximum Gasteiger partial charge on any atom is 0.253 e. The van der Waals surface area contributed by atoms with Crippen molar-refractivity contribution >= 4 is 23.5 Å². The van der Waals surface area contributed by atoms with Crippen molar-refractivity contribution in [1.82, 2.24) is 30.5 Å². The minimum atomic E-state index is -1.33. The van der Waals surface area contributed by atoms with Gasteiger partial charge in [-0.15, -0.1) is 10.2 Å². The summed E-state index contributed by atoms with van der Waals surface area (Å²) in [7, 11) is 0. The predicted octanol–water partition coefficient (Wildman–Crippen LogP) is 3.02. The standard InChI is InChI=1S/C26H28N8O4/c1-25(2)19-15(21(36)32-25)10-11-18(29-19)30-24-27-12-16(22-33-34-23(38-22)26(3,4)37)20(31-24)28-17(13-35)14-8-6-5-7-9-14/h5-12,17,35,37H,13H2,1-4H3,(H,32,36)(H2,27,28,29,30,31)/t17-/m1/s1. The molecule has 4 heterocycles. The number of anilines is 3. The molecule has 0 saturated carbocycles. The number of pyridine rings is 1. The van der Waals surface area contributed by atoms with Crippen molar-refractivity contribution in [3.63, 3.8) is 0 Å². The maximum absolute atomic E-state index is 12.2. The SMILES string of the molecule is CC(C)(O)c1nnc(-c2cnc(Nc3ccc4c(n3)C(C)(C)NC4=O)nc2N[C@H](CO)c2ccccc2)o1. The van der Waals surface area contributed by atoms with Crippen molar-refractivity contribution < 1.29 is 19.4 Å². The average molecular weight is 517 g/mol. The Labute approximate surface area is 218 Å². The van der Waals surface area contributed by atoms with Crippen LogP contribution in [0.25, 0.3) is 11.5 Å². The van der Waals surface area contributed by atoms with E-state index in [0.29, 0.717) is 28.5 Å². The third kappa shape index (κ3) is 4.91. The number of carbonyl (C=O) groups excluding carboxylic acids is 1. The molecule has 12 nitrogen and oxygen atoms in total. The quantitative estimate of drug-likeness (QED) is 0.233. The van der Waals surface area contributed by atoms with Gasteiger partial charge < -0.3 is 30.6 Å². The molecule has 5 rings (SSSR count). The van der Waals surface area contributed by atoms with E-state index in [1.165, 1.54) is 20.0 Å². The third-order valence-corrected chi connectivity index (χ3v) is 6.06. The fraction of sp³-hybridized carbons (Fsp3) is 0.308. The molecule has 0 spiro atoms. The summed E-state index contributed by atoms with van der Waals surface area (Å²) in [5.41, 5.74) is 0.426. The van der Waals surface area contributed by atoms with Crippen molar-refractivity contribution in [3.8, 4) is 11.5 Å². The highest BCUT2D eigenvalue weighted by Gasteiger charge is 2.36. The largest absolute Gasteiger partial charge is 0.417 e. The van der Waals surface area contributed by atoms with Gasteiger partial charge >= 0.3 is 0 Å². The molecule has 196 valence electrons. The molecule has 5 N–H and O–H groups in total. The molecular weight excluding hydrogens is 488 g/mol. The number of fused-ring (bicyclic) bond motifs is 1. The Balaban J connectivity index is 1.52. The molecule has 1 atom stereocenters. The Hall–Kier alpha value is -4.42. The molecule has 4 aromatic rings. The Morgan fingerprint density at radius 3 is 2.53 bits per heavy atom. The van der Waals surface area contributed by atoms with E-state index in [4.69, 9.17) is 4.42 Å². The Morgan fingerprint density at radius 1 is 1.08 bits per heavy atom. The van der Waals surface area contributed by atoms with Crippen molar-refractivity contribution in [2.24, 2.45) is 0 Å². The summed E-state index contributed by atoms with van der Waals surface area (Å²) in [5.74, 6) is 0.951. The van der Waals surface area contributed by atoms with E-state index in [-0.39, 0.29) is 30.2 Å².